The maximum Gasteiger partial charge on any atom is 0.0545 e. The van der Waals surface area contributed by atoms with Gasteiger partial charge in [0.05, 0.1) is 13.2 Å². The molecule has 0 N–H and O–H groups in total. The van der Waals surface area contributed by atoms with Crippen molar-refractivity contribution in [3.05, 3.63) is 11.6 Å². The number of nitrogens with zero attached hydrogens (tertiary/aromatic N) is 1. The van der Waals surface area contributed by atoms with Crippen LogP contribution in [0.5, 0.6) is 0 Å². The van der Waals surface area contributed by atoms with E-state index in [1.165, 1.54) is 32.1 Å². The average Bonchev–Trinajstić information content (AvgIpc) is 2.29. The van der Waals surface area contributed by atoms with Crippen LogP contribution in [0.2, 0.25) is 0 Å². The van der Waals surface area contributed by atoms with E-state index < -0.39 is 0 Å². The molecule has 2 fully saturated rings. The van der Waals surface area contributed by atoms with Crippen LogP contribution in [-0.4, -0.2) is 37.2 Å². The van der Waals surface area contributed by atoms with Gasteiger partial charge in [0.2, 0.25) is 0 Å². The lowest BCUT2D eigenvalue weighted by Gasteiger charge is -2.57. The molecule has 1 heterocycles. The average molecular weight is 251 g/mol. The first-order valence-corrected chi connectivity index (χ1v) is 7.64. The van der Waals surface area contributed by atoms with Crippen molar-refractivity contribution < 1.29 is 4.74 Å². The van der Waals surface area contributed by atoms with Gasteiger partial charge < -0.3 is 9.64 Å². The van der Waals surface area contributed by atoms with E-state index in [1.54, 1.807) is 5.57 Å². The van der Waals surface area contributed by atoms with Crippen LogP contribution in [0, 0.1) is 5.41 Å². The van der Waals surface area contributed by atoms with Crippen molar-refractivity contribution in [2.45, 2.75) is 65.0 Å². The molecule has 2 heteroatoms. The fraction of sp³-hybridized carbons (Fsp3) is 0.875. The molecule has 0 amide bonds. The largest absolute Gasteiger partial charge is 0.380 e. The quantitative estimate of drug-likeness (QED) is 0.695. The molecule has 2 nitrogen and oxygen atoms in total. The monoisotopic (exact) mass is 251 g/mol. The molecule has 1 saturated heterocycles. The molecule has 1 atom stereocenters. The zero-order chi connectivity index (χ0) is 13.2. The predicted octanol–water partition coefficient (Wildman–Crippen LogP) is 3.62. The van der Waals surface area contributed by atoms with Crippen molar-refractivity contribution in [1.29, 1.82) is 0 Å². The molecule has 0 aromatic heterocycles. The minimum absolute atomic E-state index is 0.610. The second kappa shape index (κ2) is 5.75. The van der Waals surface area contributed by atoms with E-state index in [1.807, 2.05) is 13.8 Å². The second-order valence-corrected chi connectivity index (χ2v) is 6.20. The Kier molecular flexibility index (Phi) is 4.50. The van der Waals surface area contributed by atoms with Crippen molar-refractivity contribution in [3.63, 3.8) is 0 Å². The van der Waals surface area contributed by atoms with E-state index in [-0.39, 0.29) is 0 Å². The molecule has 3 rings (SSSR count). The molecular weight excluding hydrogens is 222 g/mol. The Balaban J connectivity index is 0.000000574. The lowest BCUT2D eigenvalue weighted by Crippen LogP contribution is -2.60. The Morgan fingerprint density at radius 1 is 1.22 bits per heavy atom. The van der Waals surface area contributed by atoms with Crippen molar-refractivity contribution in [2.75, 3.05) is 20.3 Å². The van der Waals surface area contributed by atoms with E-state index in [9.17, 15) is 0 Å². The molecular formula is C16H29NO. The maximum absolute atomic E-state index is 5.34. The van der Waals surface area contributed by atoms with Gasteiger partial charge in [-0.1, -0.05) is 25.5 Å². The van der Waals surface area contributed by atoms with Gasteiger partial charge in [-0.15, -0.1) is 0 Å². The summed E-state index contributed by atoms with van der Waals surface area (Å²) in [4.78, 5) is 2.65. The first-order valence-electron chi connectivity index (χ1n) is 7.64. The lowest BCUT2D eigenvalue weighted by molar-refractivity contribution is -0.185. The zero-order valence-corrected chi connectivity index (χ0v) is 12.5. The van der Waals surface area contributed by atoms with Gasteiger partial charge in [0.15, 0.2) is 0 Å². The van der Waals surface area contributed by atoms with Crippen molar-refractivity contribution in [3.8, 4) is 0 Å². The number of hydrogen-bond acceptors (Lipinski definition) is 2. The molecule has 104 valence electrons. The van der Waals surface area contributed by atoms with E-state index in [2.05, 4.69) is 24.9 Å². The van der Waals surface area contributed by atoms with Crippen LogP contribution >= 0.6 is 0 Å². The van der Waals surface area contributed by atoms with Crippen LogP contribution in [0.1, 0.15) is 52.9 Å². The molecule has 1 spiro atoms. The summed E-state index contributed by atoms with van der Waals surface area (Å²) in [5.74, 6) is 0. The summed E-state index contributed by atoms with van der Waals surface area (Å²) in [7, 11) is 2.33. The number of rotatable bonds is 2. The predicted molar refractivity (Wildman–Crippen MR) is 76.8 cm³/mol. The summed E-state index contributed by atoms with van der Waals surface area (Å²) in [5, 5.41) is 0. The van der Waals surface area contributed by atoms with Gasteiger partial charge in [0, 0.05) is 17.5 Å². The topological polar surface area (TPSA) is 12.5 Å². The summed E-state index contributed by atoms with van der Waals surface area (Å²) in [6, 6.07) is 1.63. The van der Waals surface area contributed by atoms with Crippen molar-refractivity contribution in [1.82, 2.24) is 4.90 Å². The number of ether oxygens (including phenoxy) is 1. The van der Waals surface area contributed by atoms with Gasteiger partial charge in [0.25, 0.3) is 0 Å². The Labute approximate surface area is 112 Å². The molecule has 0 aromatic carbocycles. The smallest absolute Gasteiger partial charge is 0.0545 e. The number of hydrogen-bond donors (Lipinski definition) is 0. The van der Waals surface area contributed by atoms with Gasteiger partial charge in [-0.05, 0) is 46.1 Å². The summed E-state index contributed by atoms with van der Waals surface area (Å²) < 4.78 is 5.34. The Bertz CT molecular complexity index is 298. The molecule has 2 aliphatic carbocycles. The highest BCUT2D eigenvalue weighted by Crippen LogP contribution is 2.49. The summed E-state index contributed by atoms with van der Waals surface area (Å²) in [5.41, 5.74) is 2.20. The first kappa shape index (κ1) is 14.1. The first-order chi connectivity index (χ1) is 8.69. The minimum Gasteiger partial charge on any atom is -0.380 e. The maximum atomic E-state index is 5.34. The van der Waals surface area contributed by atoms with E-state index >= 15 is 0 Å². The summed E-state index contributed by atoms with van der Waals surface area (Å²) in [6.45, 7) is 8.32. The third kappa shape index (κ3) is 2.65. The van der Waals surface area contributed by atoms with Crippen LogP contribution < -0.4 is 0 Å². The van der Waals surface area contributed by atoms with Crippen molar-refractivity contribution in [2.24, 2.45) is 5.41 Å². The Morgan fingerprint density at radius 2 is 1.89 bits per heavy atom. The highest BCUT2D eigenvalue weighted by Gasteiger charge is 2.51. The molecule has 1 saturated carbocycles. The SMILES string of the molecule is CC.CC1=CCC(N(C)C2CC3(COC3)C2)CC1. The van der Waals surface area contributed by atoms with Crippen molar-refractivity contribution >= 4 is 0 Å². The fourth-order valence-corrected chi connectivity index (χ4v) is 3.47. The number of allylic oxidation sites excluding steroid dienone is 1. The molecule has 0 bridgehead atoms. The molecule has 1 unspecified atom stereocenters. The zero-order valence-electron chi connectivity index (χ0n) is 12.5. The van der Waals surface area contributed by atoms with Gasteiger partial charge >= 0.3 is 0 Å². The van der Waals surface area contributed by atoms with Gasteiger partial charge in [0.1, 0.15) is 0 Å². The molecule has 18 heavy (non-hydrogen) atoms. The molecule has 1 aliphatic heterocycles. The highest BCUT2D eigenvalue weighted by atomic mass is 16.5. The van der Waals surface area contributed by atoms with E-state index in [0.29, 0.717) is 5.41 Å². The highest BCUT2D eigenvalue weighted by molar-refractivity contribution is 5.07. The molecule has 3 aliphatic rings. The summed E-state index contributed by atoms with van der Waals surface area (Å²) in [6.07, 6.45) is 9.12. The fourth-order valence-electron chi connectivity index (χ4n) is 3.47. The van der Waals surface area contributed by atoms with E-state index in [0.717, 1.165) is 25.3 Å². The van der Waals surface area contributed by atoms with Gasteiger partial charge in [-0.25, -0.2) is 0 Å². The standard InChI is InChI=1S/C14H23NO.C2H6/c1-11-3-5-12(6-4-11)15(2)13-7-14(8-13)9-16-10-14;1-2/h3,12-13H,4-10H2,1-2H3;1-2H3. The third-order valence-electron chi connectivity index (χ3n) is 4.92. The minimum atomic E-state index is 0.610. The lowest BCUT2D eigenvalue weighted by atomic mass is 9.63. The Morgan fingerprint density at radius 3 is 2.33 bits per heavy atom. The molecule has 0 aromatic rings. The van der Waals surface area contributed by atoms with Crippen LogP contribution in [0.15, 0.2) is 11.6 Å². The third-order valence-corrected chi connectivity index (χ3v) is 4.92. The van der Waals surface area contributed by atoms with E-state index in [4.69, 9.17) is 4.74 Å². The van der Waals surface area contributed by atoms with Gasteiger partial charge in [-0.3, -0.25) is 0 Å². The van der Waals surface area contributed by atoms with Crippen LogP contribution in [0.4, 0.5) is 0 Å². The summed E-state index contributed by atoms with van der Waals surface area (Å²) >= 11 is 0. The van der Waals surface area contributed by atoms with Crippen LogP contribution in [0.25, 0.3) is 0 Å². The van der Waals surface area contributed by atoms with Crippen LogP contribution in [0.3, 0.4) is 0 Å². The molecule has 0 radical (unpaired) electrons. The van der Waals surface area contributed by atoms with Gasteiger partial charge in [-0.2, -0.15) is 0 Å². The normalized spacial score (nSPS) is 30.1. The second-order valence-electron chi connectivity index (χ2n) is 6.20. The van der Waals surface area contributed by atoms with Crippen LogP contribution in [-0.2, 0) is 4.74 Å². The Hall–Kier alpha value is -0.340.